The predicted octanol–water partition coefficient (Wildman–Crippen LogP) is 0.670. The number of hydrogen-bond acceptors (Lipinski definition) is 4. The Balaban J connectivity index is 1.74. The van der Waals surface area contributed by atoms with Gasteiger partial charge in [0.1, 0.15) is 0 Å². The summed E-state index contributed by atoms with van der Waals surface area (Å²) >= 11 is 0. The van der Waals surface area contributed by atoms with Gasteiger partial charge in [0.05, 0.1) is 5.60 Å². The first-order chi connectivity index (χ1) is 8.72. The maximum Gasteiger partial charge on any atom is 0.0795 e. The van der Waals surface area contributed by atoms with E-state index in [1.54, 1.807) is 0 Å². The van der Waals surface area contributed by atoms with E-state index in [-0.39, 0.29) is 0 Å². The van der Waals surface area contributed by atoms with Crippen LogP contribution in [0, 0.1) is 0 Å². The predicted molar refractivity (Wildman–Crippen MR) is 72.5 cm³/mol. The molecule has 0 aromatic carbocycles. The second-order valence-corrected chi connectivity index (χ2v) is 5.20. The average molecular weight is 249 g/mol. The molecule has 1 saturated heterocycles. The highest BCUT2D eigenvalue weighted by molar-refractivity contribution is 5.10. The van der Waals surface area contributed by atoms with Crippen LogP contribution in [0.5, 0.6) is 0 Å². The van der Waals surface area contributed by atoms with Crippen LogP contribution in [-0.4, -0.2) is 53.8 Å². The van der Waals surface area contributed by atoms with E-state index in [0.717, 1.165) is 38.9 Å². The minimum atomic E-state index is -0.498. The lowest BCUT2D eigenvalue weighted by Crippen LogP contribution is -2.49. The molecule has 18 heavy (non-hydrogen) atoms. The van der Waals surface area contributed by atoms with Crippen molar-refractivity contribution in [3.05, 3.63) is 30.1 Å². The summed E-state index contributed by atoms with van der Waals surface area (Å²) in [4.78, 5) is 6.46. The third kappa shape index (κ3) is 3.77. The molecule has 2 rings (SSSR count). The van der Waals surface area contributed by atoms with Gasteiger partial charge in [0.15, 0.2) is 0 Å². The van der Waals surface area contributed by atoms with Gasteiger partial charge in [-0.2, -0.15) is 0 Å². The molecule has 0 aliphatic carbocycles. The molecule has 4 heteroatoms. The number of rotatable bonds is 5. The molecular formula is C14H23N3O. The number of pyridine rings is 1. The van der Waals surface area contributed by atoms with Crippen LogP contribution in [0.4, 0.5) is 0 Å². The Morgan fingerprint density at radius 1 is 1.33 bits per heavy atom. The summed E-state index contributed by atoms with van der Waals surface area (Å²) in [5.41, 5.74) is 0.836. The lowest BCUT2D eigenvalue weighted by atomic mass is 9.91. The first-order valence-electron chi connectivity index (χ1n) is 6.70. The number of aliphatic hydroxyl groups is 1. The van der Waals surface area contributed by atoms with Crippen LogP contribution in [0.2, 0.25) is 0 Å². The molecule has 0 bridgehead atoms. The van der Waals surface area contributed by atoms with Crippen LogP contribution >= 0.6 is 0 Å². The summed E-state index contributed by atoms with van der Waals surface area (Å²) in [6.07, 6.45) is 6.48. The highest BCUT2D eigenvalue weighted by Gasteiger charge is 2.31. The second-order valence-electron chi connectivity index (χ2n) is 5.20. The number of nitrogens with zero attached hydrogens (tertiary/aromatic N) is 2. The van der Waals surface area contributed by atoms with Crippen LogP contribution in [0.1, 0.15) is 18.4 Å². The van der Waals surface area contributed by atoms with E-state index in [0.29, 0.717) is 6.54 Å². The van der Waals surface area contributed by atoms with E-state index in [4.69, 9.17) is 0 Å². The summed E-state index contributed by atoms with van der Waals surface area (Å²) in [6, 6.07) is 4.14. The number of aromatic nitrogens is 1. The molecular weight excluding hydrogens is 226 g/mol. The van der Waals surface area contributed by atoms with Crippen LogP contribution < -0.4 is 5.32 Å². The van der Waals surface area contributed by atoms with Gasteiger partial charge in [-0.25, -0.2) is 0 Å². The van der Waals surface area contributed by atoms with Crippen LogP contribution in [0.15, 0.2) is 24.5 Å². The number of hydrogen-bond donors (Lipinski definition) is 2. The van der Waals surface area contributed by atoms with E-state index >= 15 is 0 Å². The van der Waals surface area contributed by atoms with Gasteiger partial charge in [-0.15, -0.1) is 0 Å². The van der Waals surface area contributed by atoms with E-state index in [9.17, 15) is 5.11 Å². The SMILES string of the molecule is CNCC1(O)CCN(CCc2ccncc2)CC1. The molecule has 2 N–H and O–H groups in total. The molecule has 0 radical (unpaired) electrons. The molecule has 1 aliphatic rings. The van der Waals surface area contributed by atoms with Crippen molar-refractivity contribution in [1.82, 2.24) is 15.2 Å². The summed E-state index contributed by atoms with van der Waals surface area (Å²) < 4.78 is 0. The fourth-order valence-electron chi connectivity index (χ4n) is 2.54. The lowest BCUT2D eigenvalue weighted by Gasteiger charge is -2.38. The Bertz CT molecular complexity index is 347. The van der Waals surface area contributed by atoms with Gasteiger partial charge in [0.25, 0.3) is 0 Å². The molecule has 0 saturated carbocycles. The van der Waals surface area contributed by atoms with Gasteiger partial charge in [-0.3, -0.25) is 4.98 Å². The van der Waals surface area contributed by atoms with E-state index in [1.165, 1.54) is 5.56 Å². The molecule has 1 aliphatic heterocycles. The van der Waals surface area contributed by atoms with E-state index < -0.39 is 5.60 Å². The van der Waals surface area contributed by atoms with Crippen molar-refractivity contribution in [3.63, 3.8) is 0 Å². The van der Waals surface area contributed by atoms with E-state index in [1.807, 2.05) is 19.4 Å². The zero-order valence-corrected chi connectivity index (χ0v) is 11.1. The maximum absolute atomic E-state index is 10.3. The van der Waals surface area contributed by atoms with Crippen LogP contribution in [0.3, 0.4) is 0 Å². The largest absolute Gasteiger partial charge is 0.388 e. The molecule has 4 nitrogen and oxygen atoms in total. The highest BCUT2D eigenvalue weighted by Crippen LogP contribution is 2.21. The Labute approximate surface area is 109 Å². The fourth-order valence-corrected chi connectivity index (χ4v) is 2.54. The van der Waals surface area contributed by atoms with Gasteiger partial charge >= 0.3 is 0 Å². The minimum Gasteiger partial charge on any atom is -0.388 e. The summed E-state index contributed by atoms with van der Waals surface area (Å²) in [5, 5.41) is 13.4. The van der Waals surface area contributed by atoms with Gasteiger partial charge in [0.2, 0.25) is 0 Å². The Kier molecular flexibility index (Phi) is 4.69. The van der Waals surface area contributed by atoms with Crippen molar-refractivity contribution in [1.29, 1.82) is 0 Å². The van der Waals surface area contributed by atoms with Gasteiger partial charge < -0.3 is 15.3 Å². The molecule has 100 valence electrons. The van der Waals surface area contributed by atoms with Gasteiger partial charge in [-0.1, -0.05) is 0 Å². The first-order valence-corrected chi connectivity index (χ1v) is 6.70. The fraction of sp³-hybridized carbons (Fsp3) is 0.643. The van der Waals surface area contributed by atoms with Gasteiger partial charge in [-0.05, 0) is 44.0 Å². The Morgan fingerprint density at radius 3 is 2.61 bits per heavy atom. The van der Waals surface area contributed by atoms with Crippen molar-refractivity contribution in [3.8, 4) is 0 Å². The van der Waals surface area contributed by atoms with Crippen molar-refractivity contribution in [2.24, 2.45) is 0 Å². The zero-order valence-electron chi connectivity index (χ0n) is 11.1. The van der Waals surface area contributed by atoms with Crippen molar-refractivity contribution < 1.29 is 5.11 Å². The molecule has 1 aromatic heterocycles. The van der Waals surface area contributed by atoms with Crippen molar-refractivity contribution >= 4 is 0 Å². The number of likely N-dealkylation sites (N-methyl/N-ethyl adjacent to an activating group) is 1. The lowest BCUT2D eigenvalue weighted by molar-refractivity contribution is -0.0182. The van der Waals surface area contributed by atoms with Crippen molar-refractivity contribution in [2.75, 3.05) is 33.2 Å². The minimum absolute atomic E-state index is 0.498. The van der Waals surface area contributed by atoms with Gasteiger partial charge in [0, 0.05) is 38.6 Å². The normalized spacial score (nSPS) is 19.9. The van der Waals surface area contributed by atoms with E-state index in [2.05, 4.69) is 27.3 Å². The number of nitrogens with one attached hydrogen (secondary N) is 1. The average Bonchev–Trinajstić information content (AvgIpc) is 2.40. The Morgan fingerprint density at radius 2 is 2.00 bits per heavy atom. The monoisotopic (exact) mass is 249 g/mol. The summed E-state index contributed by atoms with van der Waals surface area (Å²) in [5.74, 6) is 0. The topological polar surface area (TPSA) is 48.4 Å². The Hall–Kier alpha value is -0.970. The van der Waals surface area contributed by atoms with Crippen LogP contribution in [-0.2, 0) is 6.42 Å². The molecule has 0 atom stereocenters. The number of likely N-dealkylation sites (tertiary alicyclic amines) is 1. The summed E-state index contributed by atoms with van der Waals surface area (Å²) in [7, 11) is 1.90. The standard InChI is InChI=1S/C14H23N3O/c1-15-12-14(18)5-10-17(11-6-14)9-4-13-2-7-16-8-3-13/h2-3,7-8,15,18H,4-6,9-12H2,1H3. The molecule has 0 amide bonds. The smallest absolute Gasteiger partial charge is 0.0795 e. The molecule has 2 heterocycles. The summed E-state index contributed by atoms with van der Waals surface area (Å²) in [6.45, 7) is 3.75. The molecule has 0 spiro atoms. The highest BCUT2D eigenvalue weighted by atomic mass is 16.3. The third-order valence-electron chi connectivity index (χ3n) is 3.76. The second kappa shape index (κ2) is 6.27. The molecule has 0 unspecified atom stereocenters. The zero-order chi connectivity index (χ0) is 12.8. The first kappa shape index (κ1) is 13.5. The molecule has 1 fully saturated rings. The number of piperidine rings is 1. The molecule has 1 aromatic rings. The maximum atomic E-state index is 10.3. The van der Waals surface area contributed by atoms with Crippen molar-refractivity contribution in [2.45, 2.75) is 24.9 Å². The third-order valence-corrected chi connectivity index (χ3v) is 3.76. The van der Waals surface area contributed by atoms with Crippen LogP contribution in [0.25, 0.3) is 0 Å². The quantitative estimate of drug-likeness (QED) is 0.805.